The minimum absolute atomic E-state index is 0.163. The van der Waals surface area contributed by atoms with E-state index < -0.39 is 18.1 Å². The monoisotopic (exact) mass is 215 g/mol. The Morgan fingerprint density at radius 2 is 2.20 bits per heavy atom. The average Bonchev–Trinajstić information content (AvgIpc) is 2.58. The Labute approximate surface area is 88.2 Å². The third-order valence-corrected chi connectivity index (χ3v) is 2.67. The largest absolute Gasteiger partial charge is 0.391 e. The first-order chi connectivity index (χ1) is 6.97. The molecule has 2 amide bonds. The van der Waals surface area contributed by atoms with Gasteiger partial charge in [-0.25, -0.2) is 0 Å². The van der Waals surface area contributed by atoms with Crippen LogP contribution in [0.5, 0.6) is 0 Å². The SMILES string of the molecule is CC(CN)C(=O)N1CC(O)CC1C(N)=O. The van der Waals surface area contributed by atoms with Crippen LogP contribution in [0.4, 0.5) is 0 Å². The number of aliphatic hydroxyl groups is 1. The van der Waals surface area contributed by atoms with E-state index in [0.29, 0.717) is 0 Å². The zero-order chi connectivity index (χ0) is 11.6. The summed E-state index contributed by atoms with van der Waals surface area (Å²) in [5, 5.41) is 9.39. The van der Waals surface area contributed by atoms with Gasteiger partial charge in [0.25, 0.3) is 0 Å². The van der Waals surface area contributed by atoms with Crippen LogP contribution in [0.3, 0.4) is 0 Å². The second-order valence-corrected chi connectivity index (χ2v) is 3.94. The molecule has 1 aliphatic heterocycles. The lowest BCUT2D eigenvalue weighted by atomic mass is 10.1. The fraction of sp³-hybridized carbons (Fsp3) is 0.778. The van der Waals surface area contributed by atoms with Crippen LogP contribution >= 0.6 is 0 Å². The van der Waals surface area contributed by atoms with Crippen molar-refractivity contribution in [3.63, 3.8) is 0 Å². The van der Waals surface area contributed by atoms with E-state index in [9.17, 15) is 14.7 Å². The Bertz CT molecular complexity index is 269. The van der Waals surface area contributed by atoms with Gasteiger partial charge in [0.05, 0.1) is 6.10 Å². The van der Waals surface area contributed by atoms with E-state index >= 15 is 0 Å². The summed E-state index contributed by atoms with van der Waals surface area (Å²) in [5.74, 6) is -1.15. The summed E-state index contributed by atoms with van der Waals surface area (Å²) < 4.78 is 0. The van der Waals surface area contributed by atoms with Crippen molar-refractivity contribution >= 4 is 11.8 Å². The summed E-state index contributed by atoms with van der Waals surface area (Å²) in [7, 11) is 0. The summed E-state index contributed by atoms with van der Waals surface area (Å²) in [6, 6.07) is -0.693. The highest BCUT2D eigenvalue weighted by molar-refractivity contribution is 5.88. The number of likely N-dealkylation sites (tertiary alicyclic amines) is 1. The van der Waals surface area contributed by atoms with Gasteiger partial charge in [0, 0.05) is 25.4 Å². The van der Waals surface area contributed by atoms with Crippen molar-refractivity contribution in [2.75, 3.05) is 13.1 Å². The normalized spacial score (nSPS) is 27.8. The van der Waals surface area contributed by atoms with Crippen molar-refractivity contribution in [1.29, 1.82) is 0 Å². The maximum Gasteiger partial charge on any atom is 0.240 e. The highest BCUT2D eigenvalue weighted by Crippen LogP contribution is 2.19. The minimum Gasteiger partial charge on any atom is -0.391 e. The number of β-amino-alcohol motifs (C(OH)–C–C–N with tert-alkyl or cyclic N) is 1. The Hall–Kier alpha value is -1.14. The molecule has 86 valence electrons. The summed E-state index contributed by atoms with van der Waals surface area (Å²) in [6.07, 6.45) is -0.449. The second kappa shape index (κ2) is 4.59. The van der Waals surface area contributed by atoms with Gasteiger partial charge in [-0.2, -0.15) is 0 Å². The molecule has 0 aromatic heterocycles. The molecule has 1 saturated heterocycles. The van der Waals surface area contributed by atoms with Gasteiger partial charge in [-0.05, 0) is 0 Å². The molecule has 1 fully saturated rings. The predicted molar refractivity (Wildman–Crippen MR) is 53.5 cm³/mol. The molecule has 1 heterocycles. The first-order valence-electron chi connectivity index (χ1n) is 4.95. The predicted octanol–water partition coefficient (Wildman–Crippen LogP) is -1.97. The first-order valence-corrected chi connectivity index (χ1v) is 4.95. The lowest BCUT2D eigenvalue weighted by Crippen LogP contribution is -2.46. The summed E-state index contributed by atoms with van der Waals surface area (Å²) in [4.78, 5) is 24.1. The van der Waals surface area contributed by atoms with Crippen LogP contribution in [0.25, 0.3) is 0 Å². The number of carbonyl (C=O) groups excluding carboxylic acids is 2. The van der Waals surface area contributed by atoms with E-state index in [1.54, 1.807) is 6.92 Å². The zero-order valence-corrected chi connectivity index (χ0v) is 8.72. The number of amides is 2. The van der Waals surface area contributed by atoms with E-state index in [0.717, 1.165) is 0 Å². The summed E-state index contributed by atoms with van der Waals surface area (Å²) >= 11 is 0. The highest BCUT2D eigenvalue weighted by atomic mass is 16.3. The quantitative estimate of drug-likeness (QED) is 0.507. The molecule has 3 atom stereocenters. The van der Waals surface area contributed by atoms with Crippen LogP contribution in [-0.2, 0) is 9.59 Å². The number of aliphatic hydroxyl groups excluding tert-OH is 1. The van der Waals surface area contributed by atoms with Crippen molar-refractivity contribution in [2.45, 2.75) is 25.5 Å². The smallest absolute Gasteiger partial charge is 0.240 e. The molecular weight excluding hydrogens is 198 g/mol. The Kier molecular flexibility index (Phi) is 3.65. The van der Waals surface area contributed by atoms with Gasteiger partial charge in [-0.15, -0.1) is 0 Å². The fourth-order valence-corrected chi connectivity index (χ4v) is 1.71. The highest BCUT2D eigenvalue weighted by Gasteiger charge is 2.38. The lowest BCUT2D eigenvalue weighted by Gasteiger charge is -2.24. The standard InChI is InChI=1S/C9H17N3O3/c1-5(3-10)9(15)12-4-6(13)2-7(12)8(11)14/h5-7,13H,2-4,10H2,1H3,(H2,11,14). The van der Waals surface area contributed by atoms with Gasteiger partial charge in [0.1, 0.15) is 6.04 Å². The fourth-order valence-electron chi connectivity index (χ4n) is 1.71. The van der Waals surface area contributed by atoms with Gasteiger partial charge in [-0.1, -0.05) is 6.92 Å². The van der Waals surface area contributed by atoms with Gasteiger partial charge in [-0.3, -0.25) is 9.59 Å². The molecule has 6 nitrogen and oxygen atoms in total. The number of hydrogen-bond acceptors (Lipinski definition) is 4. The third kappa shape index (κ3) is 2.45. The van der Waals surface area contributed by atoms with Crippen molar-refractivity contribution < 1.29 is 14.7 Å². The molecule has 3 unspecified atom stereocenters. The van der Waals surface area contributed by atoms with Crippen LogP contribution < -0.4 is 11.5 Å². The molecule has 0 aromatic carbocycles. The average molecular weight is 215 g/mol. The number of primary amides is 1. The first kappa shape index (κ1) is 11.9. The molecule has 0 radical (unpaired) electrons. The van der Waals surface area contributed by atoms with Gasteiger partial charge in [0.2, 0.25) is 11.8 Å². The number of carbonyl (C=O) groups is 2. The van der Waals surface area contributed by atoms with Crippen molar-refractivity contribution in [3.05, 3.63) is 0 Å². The number of nitrogens with zero attached hydrogens (tertiary/aromatic N) is 1. The molecule has 0 saturated carbocycles. The van der Waals surface area contributed by atoms with Crippen LogP contribution in [0.2, 0.25) is 0 Å². The number of rotatable bonds is 3. The molecule has 0 aliphatic carbocycles. The van der Waals surface area contributed by atoms with Crippen LogP contribution in [0.1, 0.15) is 13.3 Å². The summed E-state index contributed by atoms with van der Waals surface area (Å²) in [6.45, 7) is 2.07. The molecule has 6 heteroatoms. The Balaban J connectivity index is 2.75. The van der Waals surface area contributed by atoms with Crippen LogP contribution in [0.15, 0.2) is 0 Å². The summed E-state index contributed by atoms with van der Waals surface area (Å²) in [5.41, 5.74) is 10.5. The Morgan fingerprint density at radius 3 is 2.67 bits per heavy atom. The van der Waals surface area contributed by atoms with Crippen LogP contribution in [0, 0.1) is 5.92 Å². The number of hydrogen-bond donors (Lipinski definition) is 3. The van der Waals surface area contributed by atoms with Crippen molar-refractivity contribution in [3.8, 4) is 0 Å². The molecule has 0 bridgehead atoms. The van der Waals surface area contributed by atoms with Gasteiger partial charge >= 0.3 is 0 Å². The molecular formula is C9H17N3O3. The minimum atomic E-state index is -0.693. The molecule has 1 aliphatic rings. The molecule has 5 N–H and O–H groups in total. The van der Waals surface area contributed by atoms with Gasteiger partial charge < -0.3 is 21.5 Å². The molecule has 0 spiro atoms. The van der Waals surface area contributed by atoms with E-state index in [-0.39, 0.29) is 31.3 Å². The zero-order valence-electron chi connectivity index (χ0n) is 8.72. The molecule has 0 aromatic rings. The Morgan fingerprint density at radius 1 is 1.60 bits per heavy atom. The van der Waals surface area contributed by atoms with Crippen molar-refractivity contribution in [2.24, 2.45) is 17.4 Å². The van der Waals surface area contributed by atoms with E-state index in [1.807, 2.05) is 0 Å². The second-order valence-electron chi connectivity index (χ2n) is 3.94. The molecule has 15 heavy (non-hydrogen) atoms. The third-order valence-electron chi connectivity index (χ3n) is 2.67. The lowest BCUT2D eigenvalue weighted by molar-refractivity contribution is -0.140. The van der Waals surface area contributed by atoms with Gasteiger partial charge in [0.15, 0.2) is 0 Å². The van der Waals surface area contributed by atoms with E-state index in [1.165, 1.54) is 4.90 Å². The topological polar surface area (TPSA) is 110 Å². The van der Waals surface area contributed by atoms with E-state index in [4.69, 9.17) is 11.5 Å². The number of nitrogens with two attached hydrogens (primary N) is 2. The maximum atomic E-state index is 11.8. The molecule has 1 rings (SSSR count). The van der Waals surface area contributed by atoms with Crippen molar-refractivity contribution in [1.82, 2.24) is 4.90 Å². The maximum absolute atomic E-state index is 11.8. The van der Waals surface area contributed by atoms with Crippen LogP contribution in [-0.4, -0.2) is 47.1 Å². The van der Waals surface area contributed by atoms with E-state index in [2.05, 4.69) is 0 Å².